The summed E-state index contributed by atoms with van der Waals surface area (Å²) in [4.78, 5) is 23.5. The molecule has 0 spiro atoms. The van der Waals surface area contributed by atoms with Gasteiger partial charge in [-0.1, -0.05) is 0 Å². The van der Waals surface area contributed by atoms with Crippen molar-refractivity contribution < 1.29 is 22.0 Å². The van der Waals surface area contributed by atoms with Crippen molar-refractivity contribution in [1.29, 1.82) is 0 Å². The number of aryl methyl sites for hydroxylation is 1. The van der Waals surface area contributed by atoms with E-state index in [1.807, 2.05) is 0 Å². The molecule has 0 unspecified atom stereocenters. The smallest absolute Gasteiger partial charge is 0.419 e. The van der Waals surface area contributed by atoms with Gasteiger partial charge in [0.2, 0.25) is 15.9 Å². The molecule has 0 saturated carbocycles. The van der Waals surface area contributed by atoms with Crippen molar-refractivity contribution in [3.8, 4) is 0 Å². The fourth-order valence-electron chi connectivity index (χ4n) is 2.38. The average molecular weight is 379 g/mol. The molecule has 2 N–H and O–H groups in total. The molecule has 3 rings (SSSR count). The van der Waals surface area contributed by atoms with Crippen LogP contribution < -0.4 is 15.8 Å². The maximum Gasteiger partial charge on any atom is 0.419 e. The SMILES string of the molecule is C[C@@H](NS(=O)(=O)c1ccc2c(c1)oc(=O)n2C)C(=O)NCc1ccco1. The summed E-state index contributed by atoms with van der Waals surface area (Å²) in [7, 11) is -2.46. The Morgan fingerprint density at radius 1 is 1.31 bits per heavy atom. The van der Waals surface area contributed by atoms with E-state index in [2.05, 4.69) is 10.0 Å². The zero-order valence-corrected chi connectivity index (χ0v) is 14.9. The van der Waals surface area contributed by atoms with Gasteiger partial charge in [0, 0.05) is 13.1 Å². The number of benzene rings is 1. The first-order chi connectivity index (χ1) is 12.3. The average Bonchev–Trinajstić information content (AvgIpc) is 3.20. The van der Waals surface area contributed by atoms with Gasteiger partial charge in [-0.25, -0.2) is 13.2 Å². The summed E-state index contributed by atoms with van der Waals surface area (Å²) in [5.41, 5.74) is 0.619. The van der Waals surface area contributed by atoms with E-state index >= 15 is 0 Å². The number of nitrogens with zero attached hydrogens (tertiary/aromatic N) is 1. The molecule has 3 aromatic rings. The normalized spacial score (nSPS) is 13.0. The Morgan fingerprint density at radius 3 is 2.77 bits per heavy atom. The van der Waals surface area contributed by atoms with E-state index in [-0.39, 0.29) is 17.0 Å². The standard InChI is InChI=1S/C16H17N3O6S/c1-10(15(20)17-9-11-4-3-7-24-11)18-26(22,23)12-5-6-13-14(8-12)25-16(21)19(13)2/h3-8,10,18H,9H2,1-2H3,(H,17,20)/t10-/m1/s1. The minimum absolute atomic E-state index is 0.106. The zero-order chi connectivity index (χ0) is 18.9. The van der Waals surface area contributed by atoms with Crippen LogP contribution in [-0.4, -0.2) is 24.9 Å². The van der Waals surface area contributed by atoms with Crippen molar-refractivity contribution in [2.75, 3.05) is 0 Å². The molecule has 138 valence electrons. The molecule has 2 aromatic heterocycles. The molecule has 0 saturated heterocycles. The van der Waals surface area contributed by atoms with Crippen molar-refractivity contribution in [3.63, 3.8) is 0 Å². The lowest BCUT2D eigenvalue weighted by Crippen LogP contribution is -2.44. The maximum absolute atomic E-state index is 12.5. The Balaban J connectivity index is 1.73. The largest absolute Gasteiger partial charge is 0.467 e. The van der Waals surface area contributed by atoms with Gasteiger partial charge in [-0.05, 0) is 31.2 Å². The third-order valence-electron chi connectivity index (χ3n) is 3.82. The van der Waals surface area contributed by atoms with Gasteiger partial charge in [0.05, 0.1) is 29.3 Å². The van der Waals surface area contributed by atoms with Crippen LogP contribution in [0.1, 0.15) is 12.7 Å². The Hall–Kier alpha value is -2.85. The first kappa shape index (κ1) is 18.0. The highest BCUT2D eigenvalue weighted by Crippen LogP contribution is 2.18. The van der Waals surface area contributed by atoms with Crippen LogP contribution in [0.2, 0.25) is 0 Å². The fraction of sp³-hybridized carbons (Fsp3) is 0.250. The lowest BCUT2D eigenvalue weighted by Gasteiger charge is -2.14. The van der Waals surface area contributed by atoms with E-state index in [1.54, 1.807) is 12.1 Å². The topological polar surface area (TPSA) is 124 Å². The number of fused-ring (bicyclic) bond motifs is 1. The van der Waals surface area contributed by atoms with Crippen molar-refractivity contribution >= 4 is 27.0 Å². The van der Waals surface area contributed by atoms with E-state index in [9.17, 15) is 18.0 Å². The number of aromatic nitrogens is 1. The lowest BCUT2D eigenvalue weighted by atomic mass is 10.3. The molecule has 10 heteroatoms. The van der Waals surface area contributed by atoms with Crippen molar-refractivity contribution in [2.24, 2.45) is 7.05 Å². The number of amides is 1. The lowest BCUT2D eigenvalue weighted by molar-refractivity contribution is -0.122. The maximum atomic E-state index is 12.5. The first-order valence-corrected chi connectivity index (χ1v) is 9.18. The number of sulfonamides is 1. The van der Waals surface area contributed by atoms with Gasteiger partial charge in [0.15, 0.2) is 5.58 Å². The van der Waals surface area contributed by atoms with Crippen LogP contribution >= 0.6 is 0 Å². The van der Waals surface area contributed by atoms with E-state index in [0.29, 0.717) is 11.3 Å². The number of rotatable bonds is 6. The van der Waals surface area contributed by atoms with E-state index in [4.69, 9.17) is 8.83 Å². The number of hydrogen-bond donors (Lipinski definition) is 2. The molecule has 9 nitrogen and oxygen atoms in total. The van der Waals surface area contributed by atoms with Crippen LogP contribution in [0.4, 0.5) is 0 Å². The molecule has 26 heavy (non-hydrogen) atoms. The molecule has 2 heterocycles. The molecular weight excluding hydrogens is 362 g/mol. The Labute approximate surface area is 148 Å². The van der Waals surface area contributed by atoms with Gasteiger partial charge in [-0.2, -0.15) is 4.72 Å². The van der Waals surface area contributed by atoms with E-state index < -0.39 is 27.7 Å². The summed E-state index contributed by atoms with van der Waals surface area (Å²) in [5, 5.41) is 2.58. The van der Waals surface area contributed by atoms with Crippen LogP contribution in [0.5, 0.6) is 0 Å². The highest BCUT2D eigenvalue weighted by molar-refractivity contribution is 7.89. The molecule has 1 amide bonds. The molecule has 0 radical (unpaired) electrons. The van der Waals surface area contributed by atoms with Gasteiger partial charge in [0.1, 0.15) is 5.76 Å². The molecule has 1 atom stereocenters. The van der Waals surface area contributed by atoms with Gasteiger partial charge in [-0.15, -0.1) is 0 Å². The highest BCUT2D eigenvalue weighted by atomic mass is 32.2. The Bertz CT molecular complexity index is 1090. The Kier molecular flexibility index (Phi) is 4.70. The van der Waals surface area contributed by atoms with Crippen LogP contribution in [0, 0.1) is 0 Å². The molecule has 0 aliphatic heterocycles. The number of hydrogen-bond acceptors (Lipinski definition) is 6. The quantitative estimate of drug-likeness (QED) is 0.650. The number of furan rings is 1. The van der Waals surface area contributed by atoms with Gasteiger partial charge >= 0.3 is 5.76 Å². The van der Waals surface area contributed by atoms with Gasteiger partial charge < -0.3 is 14.2 Å². The van der Waals surface area contributed by atoms with Crippen LogP contribution in [0.15, 0.2) is 55.1 Å². The molecule has 0 bridgehead atoms. The summed E-state index contributed by atoms with van der Waals surface area (Å²) in [6.07, 6.45) is 1.48. The second kappa shape index (κ2) is 6.81. The summed E-state index contributed by atoms with van der Waals surface area (Å²) >= 11 is 0. The van der Waals surface area contributed by atoms with Crippen LogP contribution in [0.25, 0.3) is 11.1 Å². The molecule has 0 fully saturated rings. The molecule has 0 aliphatic carbocycles. The van der Waals surface area contributed by atoms with E-state index in [0.717, 1.165) is 0 Å². The molecular formula is C16H17N3O6S. The summed E-state index contributed by atoms with van der Waals surface area (Å²) < 4.78 is 38.6. The van der Waals surface area contributed by atoms with E-state index in [1.165, 1.54) is 43.0 Å². The first-order valence-electron chi connectivity index (χ1n) is 7.70. The predicted molar refractivity (Wildman–Crippen MR) is 91.8 cm³/mol. The second-order valence-electron chi connectivity index (χ2n) is 5.70. The minimum atomic E-state index is -3.98. The second-order valence-corrected chi connectivity index (χ2v) is 7.41. The number of carbonyl (C=O) groups is 1. The Morgan fingerprint density at radius 2 is 2.08 bits per heavy atom. The number of nitrogens with one attached hydrogen (secondary N) is 2. The summed E-state index contributed by atoms with van der Waals surface area (Å²) in [5.74, 6) is -0.538. The molecule has 0 aliphatic rings. The predicted octanol–water partition coefficient (Wildman–Crippen LogP) is 0.708. The third kappa shape index (κ3) is 3.55. The molecule has 1 aromatic carbocycles. The van der Waals surface area contributed by atoms with Gasteiger partial charge in [-0.3, -0.25) is 9.36 Å². The summed E-state index contributed by atoms with van der Waals surface area (Å²) in [6.45, 7) is 1.58. The number of oxazole rings is 1. The van der Waals surface area contributed by atoms with Gasteiger partial charge in [0.25, 0.3) is 0 Å². The zero-order valence-electron chi connectivity index (χ0n) is 14.1. The summed E-state index contributed by atoms with van der Waals surface area (Å²) in [6, 6.07) is 6.42. The van der Waals surface area contributed by atoms with Crippen molar-refractivity contribution in [1.82, 2.24) is 14.6 Å². The van der Waals surface area contributed by atoms with Crippen LogP contribution in [0.3, 0.4) is 0 Å². The monoisotopic (exact) mass is 379 g/mol. The number of carbonyl (C=O) groups excluding carboxylic acids is 1. The van der Waals surface area contributed by atoms with Crippen LogP contribution in [-0.2, 0) is 28.4 Å². The fourth-order valence-corrected chi connectivity index (χ4v) is 3.59. The van der Waals surface area contributed by atoms with Crippen molar-refractivity contribution in [2.45, 2.75) is 24.4 Å². The highest BCUT2D eigenvalue weighted by Gasteiger charge is 2.23. The third-order valence-corrected chi connectivity index (χ3v) is 5.35. The van der Waals surface area contributed by atoms with Crippen molar-refractivity contribution in [3.05, 3.63) is 52.9 Å². The minimum Gasteiger partial charge on any atom is -0.467 e.